The third-order valence-electron chi connectivity index (χ3n) is 8.81. The van der Waals surface area contributed by atoms with E-state index in [-0.39, 0.29) is 23.5 Å². The van der Waals surface area contributed by atoms with Crippen LogP contribution in [0, 0.1) is 11.8 Å². The molecule has 2 bridgehead atoms. The maximum absolute atomic E-state index is 13.5. The highest BCUT2D eigenvalue weighted by atomic mass is 16.5. The number of anilines is 1. The van der Waals surface area contributed by atoms with Crippen LogP contribution in [0.2, 0.25) is 0 Å². The number of methoxy groups -OCH3 is 2. The molecule has 7 rings (SSSR count). The van der Waals surface area contributed by atoms with Crippen LogP contribution >= 0.6 is 0 Å². The highest BCUT2D eigenvalue weighted by molar-refractivity contribution is 5.99. The third kappa shape index (κ3) is 1.76. The van der Waals surface area contributed by atoms with Crippen LogP contribution in [0.4, 0.5) is 5.69 Å². The molecule has 6 aliphatic rings. The van der Waals surface area contributed by atoms with E-state index in [9.17, 15) is 4.79 Å². The lowest BCUT2D eigenvalue weighted by molar-refractivity contribution is -0.132. The van der Waals surface area contributed by atoms with Gasteiger partial charge in [0.2, 0.25) is 5.91 Å². The highest BCUT2D eigenvalue weighted by Crippen LogP contribution is 2.66. The van der Waals surface area contributed by atoms with Gasteiger partial charge in [-0.25, -0.2) is 0 Å². The number of nitrogens with zero attached hydrogens (tertiary/aromatic N) is 2. The van der Waals surface area contributed by atoms with E-state index < -0.39 is 0 Å². The lowest BCUT2D eigenvalue weighted by atomic mass is 9.53. The average Bonchev–Trinajstić information content (AvgIpc) is 3.20. The monoisotopic (exact) mass is 394 g/mol. The van der Waals surface area contributed by atoms with E-state index in [1.165, 1.54) is 12.0 Å². The summed E-state index contributed by atoms with van der Waals surface area (Å²) in [6, 6.07) is 4.87. The van der Waals surface area contributed by atoms with E-state index in [4.69, 9.17) is 14.2 Å². The Bertz CT molecular complexity index is 974. The topological polar surface area (TPSA) is 51.2 Å². The Balaban J connectivity index is 1.52. The number of hydrogen-bond acceptors (Lipinski definition) is 5. The number of hydrogen-bond donors (Lipinski definition) is 0. The normalized spacial score (nSPS) is 41.0. The molecule has 1 spiro atoms. The Morgan fingerprint density at radius 1 is 1.21 bits per heavy atom. The fourth-order valence-electron chi connectivity index (χ4n) is 7.87. The predicted molar refractivity (Wildman–Crippen MR) is 107 cm³/mol. The molecule has 0 N–H and O–H groups in total. The number of amides is 1. The maximum atomic E-state index is 13.5. The molecule has 1 aromatic carbocycles. The van der Waals surface area contributed by atoms with E-state index in [0.717, 1.165) is 30.9 Å². The molecule has 152 valence electrons. The summed E-state index contributed by atoms with van der Waals surface area (Å²) in [5.41, 5.74) is 3.85. The largest absolute Gasteiger partial charge is 0.493 e. The van der Waals surface area contributed by atoms with Crippen LogP contribution in [0.15, 0.2) is 23.8 Å². The van der Waals surface area contributed by atoms with Crippen molar-refractivity contribution in [2.75, 3.05) is 38.8 Å². The fraction of sp³-hybridized carbons (Fsp3) is 0.609. The molecule has 0 aromatic heterocycles. The number of rotatable bonds is 2. The van der Waals surface area contributed by atoms with E-state index in [0.29, 0.717) is 36.7 Å². The van der Waals surface area contributed by atoms with Crippen molar-refractivity contribution in [1.29, 1.82) is 0 Å². The zero-order chi connectivity index (χ0) is 19.5. The molecule has 29 heavy (non-hydrogen) atoms. The summed E-state index contributed by atoms with van der Waals surface area (Å²) >= 11 is 0. The third-order valence-corrected chi connectivity index (χ3v) is 8.81. The fourth-order valence-corrected chi connectivity index (χ4v) is 7.87. The minimum absolute atomic E-state index is 0.0242. The number of carbonyl (C=O) groups is 1. The van der Waals surface area contributed by atoms with Crippen LogP contribution in [-0.2, 0) is 14.9 Å². The first-order valence-corrected chi connectivity index (χ1v) is 10.8. The molecule has 2 unspecified atom stereocenters. The standard InChI is InChI=1S/C23H26N2O4/c1-27-16-8-14-15(9-17(16)28-2)25-20(26)10-18-21-13-7-19-23(14,22(21)25)4-5-24(19)11-12(13)3-6-29-18/h3,8-9,13,18-19,21-22H,4-7,10-11H2,1-2H3/t13-,18-,19?,21?,22-,23+/m0/s1. The van der Waals surface area contributed by atoms with Crippen LogP contribution in [0.3, 0.4) is 0 Å². The van der Waals surface area contributed by atoms with Gasteiger partial charge in [-0.3, -0.25) is 9.69 Å². The second-order valence-corrected chi connectivity index (χ2v) is 9.48. The number of ether oxygens (including phenoxy) is 3. The second kappa shape index (κ2) is 5.35. The van der Waals surface area contributed by atoms with Crippen molar-refractivity contribution in [3.63, 3.8) is 0 Å². The van der Waals surface area contributed by atoms with Crippen molar-refractivity contribution < 1.29 is 19.0 Å². The zero-order valence-corrected chi connectivity index (χ0v) is 16.9. The average molecular weight is 394 g/mol. The molecular formula is C23H26N2O4. The van der Waals surface area contributed by atoms with E-state index in [1.807, 2.05) is 6.07 Å². The molecule has 4 fully saturated rings. The summed E-state index contributed by atoms with van der Waals surface area (Å²) in [4.78, 5) is 18.3. The van der Waals surface area contributed by atoms with Gasteiger partial charge in [-0.1, -0.05) is 11.6 Å². The zero-order valence-electron chi connectivity index (χ0n) is 16.9. The number of piperidine rings is 2. The van der Waals surface area contributed by atoms with Crippen molar-refractivity contribution >= 4 is 11.6 Å². The summed E-state index contributed by atoms with van der Waals surface area (Å²) in [5, 5.41) is 0. The Kier molecular flexibility index (Phi) is 3.08. The van der Waals surface area contributed by atoms with Crippen molar-refractivity contribution in [3.8, 4) is 11.5 Å². The molecule has 3 saturated heterocycles. The van der Waals surface area contributed by atoms with Gasteiger partial charge in [0.1, 0.15) is 0 Å². The minimum atomic E-state index is -0.0242. The van der Waals surface area contributed by atoms with Gasteiger partial charge in [-0.05, 0) is 36.9 Å². The van der Waals surface area contributed by atoms with Gasteiger partial charge in [0.15, 0.2) is 11.5 Å². The second-order valence-electron chi connectivity index (χ2n) is 9.48. The van der Waals surface area contributed by atoms with Crippen LogP contribution in [-0.4, -0.2) is 62.9 Å². The van der Waals surface area contributed by atoms with Crippen LogP contribution < -0.4 is 14.4 Å². The Labute approximate surface area is 170 Å². The van der Waals surface area contributed by atoms with Crippen molar-refractivity contribution in [2.24, 2.45) is 11.8 Å². The van der Waals surface area contributed by atoms with Gasteiger partial charge in [-0.15, -0.1) is 0 Å². The Morgan fingerprint density at radius 3 is 2.86 bits per heavy atom. The van der Waals surface area contributed by atoms with Crippen molar-refractivity contribution in [1.82, 2.24) is 4.90 Å². The van der Waals surface area contributed by atoms with E-state index >= 15 is 0 Å². The van der Waals surface area contributed by atoms with Crippen molar-refractivity contribution in [3.05, 3.63) is 29.3 Å². The molecule has 0 radical (unpaired) electrons. The Morgan fingerprint density at radius 2 is 2.03 bits per heavy atom. The highest BCUT2D eigenvalue weighted by Gasteiger charge is 2.71. The molecule has 1 aliphatic carbocycles. The molecule has 6 nitrogen and oxygen atoms in total. The quantitative estimate of drug-likeness (QED) is 0.719. The molecule has 6 atom stereocenters. The molecule has 1 aromatic rings. The maximum Gasteiger partial charge on any atom is 0.229 e. The molecule has 1 amide bonds. The van der Waals surface area contributed by atoms with Gasteiger partial charge in [0.05, 0.1) is 45.1 Å². The van der Waals surface area contributed by atoms with Gasteiger partial charge in [0, 0.05) is 30.0 Å². The molecule has 5 aliphatic heterocycles. The smallest absolute Gasteiger partial charge is 0.229 e. The summed E-state index contributed by atoms with van der Waals surface area (Å²) in [5.74, 6) is 2.57. The molecular weight excluding hydrogens is 368 g/mol. The first kappa shape index (κ1) is 16.7. The van der Waals surface area contributed by atoms with Gasteiger partial charge >= 0.3 is 0 Å². The molecule has 6 heteroatoms. The predicted octanol–water partition coefficient (Wildman–Crippen LogP) is 2.11. The first-order chi connectivity index (χ1) is 14.2. The summed E-state index contributed by atoms with van der Waals surface area (Å²) in [6.45, 7) is 2.80. The minimum Gasteiger partial charge on any atom is -0.493 e. The van der Waals surface area contributed by atoms with Gasteiger partial charge in [0.25, 0.3) is 0 Å². The Hall–Kier alpha value is -2.05. The lowest BCUT2D eigenvalue weighted by Crippen LogP contribution is -2.69. The van der Waals surface area contributed by atoms with E-state index in [2.05, 4.69) is 21.9 Å². The SMILES string of the molecule is COc1cc2c(cc1OC)[C@@]13CCN4CC5=CCO[C@H]6CC(=O)N2[C@H]1C6[C@H]5CC43. The summed E-state index contributed by atoms with van der Waals surface area (Å²) < 4.78 is 17.6. The molecule has 5 heterocycles. The number of fused-ring (bicyclic) bond motifs is 2. The van der Waals surface area contributed by atoms with Crippen LogP contribution in [0.5, 0.6) is 11.5 Å². The number of benzene rings is 1. The molecule has 1 saturated carbocycles. The van der Waals surface area contributed by atoms with Gasteiger partial charge in [-0.2, -0.15) is 0 Å². The van der Waals surface area contributed by atoms with Crippen molar-refractivity contribution in [2.45, 2.75) is 42.9 Å². The summed E-state index contributed by atoms with van der Waals surface area (Å²) in [7, 11) is 3.36. The van der Waals surface area contributed by atoms with Crippen LogP contribution in [0.1, 0.15) is 24.8 Å². The van der Waals surface area contributed by atoms with E-state index in [1.54, 1.807) is 19.8 Å². The number of carbonyl (C=O) groups excluding carboxylic acids is 1. The summed E-state index contributed by atoms with van der Waals surface area (Å²) in [6.07, 6.45) is 5.11. The van der Waals surface area contributed by atoms with Gasteiger partial charge < -0.3 is 19.1 Å². The first-order valence-electron chi connectivity index (χ1n) is 10.8. The lowest BCUT2D eigenvalue weighted by Gasteiger charge is -2.58. The van der Waals surface area contributed by atoms with Crippen LogP contribution in [0.25, 0.3) is 0 Å².